The fraction of sp³-hybridized carbons (Fsp3) is 0.579. The second-order valence-electron chi connectivity index (χ2n) is 6.51. The van der Waals surface area contributed by atoms with Gasteiger partial charge in [0, 0.05) is 44.9 Å². The van der Waals surface area contributed by atoms with E-state index in [1.54, 1.807) is 38.3 Å². The van der Waals surface area contributed by atoms with Crippen molar-refractivity contribution in [1.29, 1.82) is 0 Å². The van der Waals surface area contributed by atoms with E-state index in [-0.39, 0.29) is 11.7 Å². The van der Waals surface area contributed by atoms with Crippen molar-refractivity contribution in [2.24, 2.45) is 0 Å². The lowest BCUT2D eigenvalue weighted by atomic mass is 10.1. The van der Waals surface area contributed by atoms with Crippen LogP contribution in [0, 0.1) is 0 Å². The van der Waals surface area contributed by atoms with Crippen LogP contribution in [0.1, 0.15) is 31.1 Å². The zero-order chi connectivity index (χ0) is 18.4. The number of carbonyl (C=O) groups is 2. The van der Waals surface area contributed by atoms with Crippen molar-refractivity contribution >= 4 is 11.7 Å². The van der Waals surface area contributed by atoms with E-state index < -0.39 is 6.10 Å². The molecule has 0 bridgehead atoms. The van der Waals surface area contributed by atoms with Gasteiger partial charge < -0.3 is 14.4 Å². The third-order valence-electron chi connectivity index (χ3n) is 4.56. The van der Waals surface area contributed by atoms with Gasteiger partial charge in [0.05, 0.1) is 6.61 Å². The quantitative estimate of drug-likeness (QED) is 0.704. The first-order valence-corrected chi connectivity index (χ1v) is 8.71. The second-order valence-corrected chi connectivity index (χ2v) is 6.51. The van der Waals surface area contributed by atoms with Gasteiger partial charge in [0.1, 0.15) is 5.75 Å². The summed E-state index contributed by atoms with van der Waals surface area (Å²) in [4.78, 5) is 28.2. The lowest BCUT2D eigenvalue weighted by Crippen LogP contribution is -2.54. The van der Waals surface area contributed by atoms with Gasteiger partial charge in [-0.1, -0.05) is 12.1 Å². The molecule has 1 heterocycles. The summed E-state index contributed by atoms with van der Waals surface area (Å²) in [6, 6.07) is 7.29. The van der Waals surface area contributed by atoms with Gasteiger partial charge in [0.15, 0.2) is 11.9 Å². The number of methoxy groups -OCH3 is 1. The number of ether oxygens (including phenoxy) is 2. The molecular weight excluding hydrogens is 320 g/mol. The molecule has 6 heteroatoms. The first-order chi connectivity index (χ1) is 11.9. The number of hydrogen-bond acceptors (Lipinski definition) is 5. The third-order valence-corrected chi connectivity index (χ3v) is 4.56. The van der Waals surface area contributed by atoms with Gasteiger partial charge in [-0.3, -0.25) is 14.5 Å². The van der Waals surface area contributed by atoms with Crippen molar-refractivity contribution in [2.75, 3.05) is 39.9 Å². The highest BCUT2D eigenvalue weighted by atomic mass is 16.5. The largest absolute Gasteiger partial charge is 0.481 e. The molecule has 6 nitrogen and oxygen atoms in total. The molecule has 0 aromatic heterocycles. The van der Waals surface area contributed by atoms with Gasteiger partial charge in [-0.05, 0) is 32.9 Å². The van der Waals surface area contributed by atoms with E-state index in [9.17, 15) is 9.59 Å². The second kappa shape index (κ2) is 8.97. The molecule has 25 heavy (non-hydrogen) atoms. The maximum Gasteiger partial charge on any atom is 0.263 e. The molecule has 1 aliphatic heterocycles. The normalized spacial score (nSPS) is 17.8. The highest BCUT2D eigenvalue weighted by Gasteiger charge is 2.27. The van der Waals surface area contributed by atoms with E-state index in [2.05, 4.69) is 11.8 Å². The molecule has 2 rings (SSSR count). The lowest BCUT2D eigenvalue weighted by molar-refractivity contribution is -0.140. The molecule has 1 amide bonds. The average molecular weight is 348 g/mol. The highest BCUT2D eigenvalue weighted by Crippen LogP contribution is 2.17. The number of ketones is 1. The van der Waals surface area contributed by atoms with Crippen molar-refractivity contribution in [3.05, 3.63) is 29.8 Å². The first kappa shape index (κ1) is 19.4. The topological polar surface area (TPSA) is 59.1 Å². The molecule has 138 valence electrons. The third kappa shape index (κ3) is 5.28. The van der Waals surface area contributed by atoms with E-state index in [1.165, 1.54) is 6.92 Å². The molecule has 0 N–H and O–H groups in total. The minimum absolute atomic E-state index is 0.0210. The highest BCUT2D eigenvalue weighted by molar-refractivity contribution is 5.94. The zero-order valence-corrected chi connectivity index (χ0v) is 15.5. The Bertz CT molecular complexity index is 597. The fourth-order valence-corrected chi connectivity index (χ4v) is 3.03. The van der Waals surface area contributed by atoms with Gasteiger partial charge in [-0.15, -0.1) is 0 Å². The predicted octanol–water partition coefficient (Wildman–Crippen LogP) is 1.84. The van der Waals surface area contributed by atoms with Gasteiger partial charge in [-0.25, -0.2) is 0 Å². The fourth-order valence-electron chi connectivity index (χ4n) is 3.03. The first-order valence-electron chi connectivity index (χ1n) is 8.71. The smallest absolute Gasteiger partial charge is 0.263 e. The number of piperazine rings is 1. The van der Waals surface area contributed by atoms with Crippen LogP contribution in [0.25, 0.3) is 0 Å². The van der Waals surface area contributed by atoms with Gasteiger partial charge in [0.2, 0.25) is 0 Å². The van der Waals surface area contributed by atoms with Gasteiger partial charge >= 0.3 is 0 Å². The molecule has 0 aliphatic carbocycles. The van der Waals surface area contributed by atoms with Crippen LogP contribution in [0.4, 0.5) is 0 Å². The van der Waals surface area contributed by atoms with E-state index in [1.807, 2.05) is 4.90 Å². The molecule has 1 aliphatic rings. The zero-order valence-electron chi connectivity index (χ0n) is 15.5. The Hall–Kier alpha value is -1.92. The van der Waals surface area contributed by atoms with Crippen LogP contribution in [-0.4, -0.2) is 73.5 Å². The molecule has 0 radical (unpaired) electrons. The van der Waals surface area contributed by atoms with Crippen molar-refractivity contribution in [2.45, 2.75) is 32.9 Å². The Morgan fingerprint density at radius 3 is 2.44 bits per heavy atom. The van der Waals surface area contributed by atoms with E-state index >= 15 is 0 Å². The summed E-state index contributed by atoms with van der Waals surface area (Å²) in [7, 11) is 1.70. The Morgan fingerprint density at radius 1 is 1.16 bits per heavy atom. The maximum absolute atomic E-state index is 12.6. The van der Waals surface area contributed by atoms with Crippen LogP contribution in [0.2, 0.25) is 0 Å². The van der Waals surface area contributed by atoms with Gasteiger partial charge in [0.25, 0.3) is 5.91 Å². The number of carbonyl (C=O) groups excluding carboxylic acids is 2. The molecule has 2 atom stereocenters. The lowest BCUT2D eigenvalue weighted by Gasteiger charge is -2.38. The summed E-state index contributed by atoms with van der Waals surface area (Å²) in [5.74, 6) is 0.499. The van der Waals surface area contributed by atoms with Crippen LogP contribution >= 0.6 is 0 Å². The Balaban J connectivity index is 1.88. The molecule has 1 saturated heterocycles. The molecule has 1 fully saturated rings. The minimum Gasteiger partial charge on any atom is -0.481 e. The number of rotatable bonds is 7. The SMILES string of the molecule is COC[C@@H](C)N1CCN(C(=O)[C@@H](C)Oc2cccc(C(C)=O)c2)CC1. The van der Waals surface area contributed by atoms with E-state index in [0.29, 0.717) is 37.1 Å². The Morgan fingerprint density at radius 2 is 1.84 bits per heavy atom. The van der Waals surface area contributed by atoms with Crippen LogP contribution in [0.5, 0.6) is 5.75 Å². The van der Waals surface area contributed by atoms with E-state index in [4.69, 9.17) is 9.47 Å². The Labute approximate surface area is 149 Å². The average Bonchev–Trinajstić information content (AvgIpc) is 2.61. The van der Waals surface area contributed by atoms with E-state index in [0.717, 1.165) is 13.1 Å². The molecule has 1 aromatic carbocycles. The van der Waals surface area contributed by atoms with Crippen LogP contribution in [-0.2, 0) is 9.53 Å². The number of hydrogen-bond donors (Lipinski definition) is 0. The summed E-state index contributed by atoms with van der Waals surface area (Å²) in [6.07, 6.45) is -0.579. The summed E-state index contributed by atoms with van der Waals surface area (Å²) < 4.78 is 11.0. The van der Waals surface area contributed by atoms with Crippen LogP contribution < -0.4 is 4.74 Å². The van der Waals surface area contributed by atoms with Crippen LogP contribution in [0.3, 0.4) is 0 Å². The van der Waals surface area contributed by atoms with Crippen molar-refractivity contribution < 1.29 is 19.1 Å². The number of nitrogens with zero attached hydrogens (tertiary/aromatic N) is 2. The summed E-state index contributed by atoms with van der Waals surface area (Å²) in [5.41, 5.74) is 0.581. The number of amides is 1. The predicted molar refractivity (Wildman–Crippen MR) is 96.0 cm³/mol. The molecule has 0 unspecified atom stereocenters. The van der Waals surface area contributed by atoms with Crippen molar-refractivity contribution in [3.8, 4) is 5.75 Å². The summed E-state index contributed by atoms with van der Waals surface area (Å²) in [5, 5.41) is 0. The molecule has 1 aromatic rings. The summed E-state index contributed by atoms with van der Waals surface area (Å²) >= 11 is 0. The van der Waals surface area contributed by atoms with Crippen molar-refractivity contribution in [1.82, 2.24) is 9.80 Å². The molecule has 0 spiro atoms. The number of Topliss-reactive ketones (excluding diaryl/α,β-unsaturated/α-hetero) is 1. The molecule has 0 saturated carbocycles. The van der Waals surface area contributed by atoms with Gasteiger partial charge in [-0.2, -0.15) is 0 Å². The summed E-state index contributed by atoms with van der Waals surface area (Å²) in [6.45, 7) is 9.14. The van der Waals surface area contributed by atoms with Crippen molar-refractivity contribution in [3.63, 3.8) is 0 Å². The standard InChI is InChI=1S/C19H28N2O4/c1-14(13-24-4)20-8-10-21(11-9-20)19(23)16(3)25-18-7-5-6-17(12-18)15(2)22/h5-7,12,14,16H,8-11,13H2,1-4H3/t14-,16-/m1/s1. The monoisotopic (exact) mass is 348 g/mol. The minimum atomic E-state index is -0.579. The number of benzene rings is 1. The van der Waals surface area contributed by atoms with Crippen LogP contribution in [0.15, 0.2) is 24.3 Å². The molecular formula is C19H28N2O4. The maximum atomic E-state index is 12.6. The Kier molecular flexibility index (Phi) is 6.96.